The number of hydrogen-bond acceptors (Lipinski definition) is 4. The van der Waals surface area contributed by atoms with Gasteiger partial charge in [-0.2, -0.15) is 0 Å². The average Bonchev–Trinajstić information content (AvgIpc) is 3.06. The van der Waals surface area contributed by atoms with E-state index in [-0.39, 0.29) is 12.6 Å². The molecule has 3 rings (SSSR count). The summed E-state index contributed by atoms with van der Waals surface area (Å²) in [6.07, 6.45) is 0.755. The third-order valence-corrected chi connectivity index (χ3v) is 4.32. The molecule has 0 fully saturated rings. The molecule has 0 bridgehead atoms. The van der Waals surface area contributed by atoms with Gasteiger partial charge >= 0.3 is 0 Å². The Morgan fingerprint density at radius 2 is 1.83 bits per heavy atom. The normalized spacial score (nSPS) is 15.4. The molecule has 0 aliphatic carbocycles. The zero-order chi connectivity index (χ0) is 16.1. The summed E-state index contributed by atoms with van der Waals surface area (Å²) in [5.41, 5.74) is 2.43. The molecule has 2 aromatic carbocycles. The number of nitrogens with one attached hydrogen (secondary N) is 1. The van der Waals surface area contributed by atoms with E-state index < -0.39 is 0 Å². The van der Waals surface area contributed by atoms with Crippen LogP contribution in [0.4, 0.5) is 0 Å². The number of rotatable bonds is 7. The van der Waals surface area contributed by atoms with Gasteiger partial charge in [0.05, 0.1) is 0 Å². The lowest BCUT2D eigenvalue weighted by Crippen LogP contribution is -2.25. The van der Waals surface area contributed by atoms with E-state index in [2.05, 4.69) is 30.4 Å². The van der Waals surface area contributed by atoms with Gasteiger partial charge in [0.25, 0.3) is 0 Å². The van der Waals surface area contributed by atoms with E-state index in [1.165, 1.54) is 11.1 Å². The highest BCUT2D eigenvalue weighted by molar-refractivity contribution is 5.45. The Hall–Kier alpha value is -2.04. The van der Waals surface area contributed by atoms with Crippen molar-refractivity contribution in [1.29, 1.82) is 0 Å². The van der Waals surface area contributed by atoms with Gasteiger partial charge in [0.1, 0.15) is 0 Å². The summed E-state index contributed by atoms with van der Waals surface area (Å²) in [6.45, 7) is 3.45. The van der Waals surface area contributed by atoms with E-state index in [0.717, 1.165) is 24.5 Å². The summed E-state index contributed by atoms with van der Waals surface area (Å²) in [4.78, 5) is 0. The van der Waals surface area contributed by atoms with Crippen LogP contribution in [-0.4, -0.2) is 25.1 Å². The topological polar surface area (TPSA) is 50.7 Å². The van der Waals surface area contributed by atoms with Crippen LogP contribution < -0.4 is 14.8 Å². The molecular weight excluding hydrogens is 290 g/mol. The predicted molar refractivity (Wildman–Crippen MR) is 89.9 cm³/mol. The fourth-order valence-electron chi connectivity index (χ4n) is 2.89. The molecule has 0 saturated carbocycles. The first-order valence-electron chi connectivity index (χ1n) is 8.06. The summed E-state index contributed by atoms with van der Waals surface area (Å²) in [5.74, 6) is 1.92. The zero-order valence-electron chi connectivity index (χ0n) is 13.4. The molecule has 23 heavy (non-hydrogen) atoms. The van der Waals surface area contributed by atoms with E-state index in [4.69, 9.17) is 9.47 Å². The maximum Gasteiger partial charge on any atom is 0.231 e. The quantitative estimate of drug-likeness (QED) is 0.824. The standard InChI is InChI=1S/C19H23NO3/c1-14(16-7-8-18-19(11-16)23-13-22-18)20-12-17(9-10-21)15-5-3-2-4-6-15/h2-8,11,14,17,20-21H,9-10,12-13H2,1H3. The second kappa shape index (κ2) is 7.49. The van der Waals surface area contributed by atoms with Gasteiger partial charge in [-0.3, -0.25) is 0 Å². The summed E-state index contributed by atoms with van der Waals surface area (Å²) in [5, 5.41) is 12.9. The van der Waals surface area contributed by atoms with Crippen molar-refractivity contribution in [3.8, 4) is 11.5 Å². The van der Waals surface area contributed by atoms with Crippen LogP contribution in [0, 0.1) is 0 Å². The highest BCUT2D eigenvalue weighted by Crippen LogP contribution is 2.34. The Morgan fingerprint density at radius 3 is 2.61 bits per heavy atom. The summed E-state index contributed by atoms with van der Waals surface area (Å²) < 4.78 is 10.8. The van der Waals surface area contributed by atoms with Crippen molar-refractivity contribution in [2.75, 3.05) is 19.9 Å². The van der Waals surface area contributed by atoms with Crippen LogP contribution in [0.1, 0.15) is 36.4 Å². The highest BCUT2D eigenvalue weighted by atomic mass is 16.7. The SMILES string of the molecule is CC(NCC(CCO)c1ccccc1)c1ccc2c(c1)OCO2. The van der Waals surface area contributed by atoms with Gasteiger partial charge in [-0.15, -0.1) is 0 Å². The Labute approximate surface area is 137 Å². The number of hydrogen-bond donors (Lipinski definition) is 2. The van der Waals surface area contributed by atoms with Crippen molar-refractivity contribution in [3.05, 3.63) is 59.7 Å². The first-order chi connectivity index (χ1) is 11.3. The van der Waals surface area contributed by atoms with E-state index in [1.807, 2.05) is 30.3 Å². The van der Waals surface area contributed by atoms with E-state index in [0.29, 0.717) is 12.7 Å². The highest BCUT2D eigenvalue weighted by Gasteiger charge is 2.17. The van der Waals surface area contributed by atoms with Crippen molar-refractivity contribution in [2.45, 2.75) is 25.3 Å². The number of benzene rings is 2. The summed E-state index contributed by atoms with van der Waals surface area (Å²) in [7, 11) is 0. The van der Waals surface area contributed by atoms with Gasteiger partial charge in [0.15, 0.2) is 11.5 Å². The summed E-state index contributed by atoms with van der Waals surface area (Å²) in [6, 6.07) is 16.6. The van der Waals surface area contributed by atoms with Crippen LogP contribution >= 0.6 is 0 Å². The van der Waals surface area contributed by atoms with Crippen molar-refractivity contribution >= 4 is 0 Å². The maximum absolute atomic E-state index is 9.33. The van der Waals surface area contributed by atoms with Crippen LogP contribution in [0.25, 0.3) is 0 Å². The molecule has 0 radical (unpaired) electrons. The minimum absolute atomic E-state index is 0.194. The Morgan fingerprint density at radius 1 is 1.04 bits per heavy atom. The van der Waals surface area contributed by atoms with Crippen LogP contribution in [-0.2, 0) is 0 Å². The van der Waals surface area contributed by atoms with Crippen molar-refractivity contribution in [1.82, 2.24) is 5.32 Å². The fraction of sp³-hybridized carbons (Fsp3) is 0.368. The molecule has 2 atom stereocenters. The van der Waals surface area contributed by atoms with Crippen molar-refractivity contribution in [3.63, 3.8) is 0 Å². The molecular formula is C19H23NO3. The number of ether oxygens (including phenoxy) is 2. The molecule has 2 unspecified atom stereocenters. The molecule has 0 saturated heterocycles. The minimum Gasteiger partial charge on any atom is -0.454 e. The van der Waals surface area contributed by atoms with Crippen LogP contribution in [0.2, 0.25) is 0 Å². The molecule has 2 N–H and O–H groups in total. The second-order valence-electron chi connectivity index (χ2n) is 5.86. The molecule has 0 aromatic heterocycles. The first-order valence-corrected chi connectivity index (χ1v) is 8.06. The average molecular weight is 313 g/mol. The second-order valence-corrected chi connectivity index (χ2v) is 5.86. The van der Waals surface area contributed by atoms with Gasteiger partial charge in [0, 0.05) is 19.2 Å². The van der Waals surface area contributed by atoms with Gasteiger partial charge in [-0.05, 0) is 42.5 Å². The Bertz CT molecular complexity index is 630. The molecule has 0 spiro atoms. The van der Waals surface area contributed by atoms with Gasteiger partial charge < -0.3 is 19.9 Å². The number of aliphatic hydroxyl groups is 1. The Kier molecular flexibility index (Phi) is 5.16. The molecule has 4 nitrogen and oxygen atoms in total. The van der Waals surface area contributed by atoms with Crippen LogP contribution in [0.15, 0.2) is 48.5 Å². The fourth-order valence-corrected chi connectivity index (χ4v) is 2.89. The number of aliphatic hydroxyl groups excluding tert-OH is 1. The van der Waals surface area contributed by atoms with Gasteiger partial charge in [-0.1, -0.05) is 36.4 Å². The predicted octanol–water partition coefficient (Wildman–Crippen LogP) is 3.23. The zero-order valence-corrected chi connectivity index (χ0v) is 13.4. The van der Waals surface area contributed by atoms with Crippen LogP contribution in [0.5, 0.6) is 11.5 Å². The lowest BCUT2D eigenvalue weighted by molar-refractivity contribution is 0.174. The minimum atomic E-state index is 0.194. The van der Waals surface area contributed by atoms with Gasteiger partial charge in [0.2, 0.25) is 6.79 Å². The van der Waals surface area contributed by atoms with Crippen LogP contribution in [0.3, 0.4) is 0 Å². The molecule has 1 heterocycles. The maximum atomic E-state index is 9.33. The largest absolute Gasteiger partial charge is 0.454 e. The molecule has 0 amide bonds. The molecule has 2 aromatic rings. The first kappa shape index (κ1) is 15.8. The molecule has 122 valence electrons. The van der Waals surface area contributed by atoms with E-state index >= 15 is 0 Å². The van der Waals surface area contributed by atoms with E-state index in [9.17, 15) is 5.11 Å². The number of fused-ring (bicyclic) bond motifs is 1. The molecule has 1 aliphatic rings. The van der Waals surface area contributed by atoms with E-state index in [1.54, 1.807) is 0 Å². The molecule has 4 heteroatoms. The smallest absolute Gasteiger partial charge is 0.231 e. The third kappa shape index (κ3) is 3.84. The van der Waals surface area contributed by atoms with Gasteiger partial charge in [-0.25, -0.2) is 0 Å². The monoisotopic (exact) mass is 313 g/mol. The van der Waals surface area contributed by atoms with Crippen molar-refractivity contribution in [2.24, 2.45) is 0 Å². The summed E-state index contributed by atoms with van der Waals surface area (Å²) >= 11 is 0. The molecule has 1 aliphatic heterocycles. The lowest BCUT2D eigenvalue weighted by atomic mass is 9.95. The third-order valence-electron chi connectivity index (χ3n) is 4.32. The van der Waals surface area contributed by atoms with Crippen molar-refractivity contribution < 1.29 is 14.6 Å². The Balaban J connectivity index is 1.63. The lowest BCUT2D eigenvalue weighted by Gasteiger charge is -2.21.